The van der Waals surface area contributed by atoms with Crippen LogP contribution in [0.3, 0.4) is 0 Å². The largest absolute Gasteiger partial charge is 0.438 e. The highest BCUT2D eigenvalue weighted by atomic mass is 32.2. The second-order valence-corrected chi connectivity index (χ2v) is 9.66. The van der Waals surface area contributed by atoms with Crippen LogP contribution in [0.15, 0.2) is 36.4 Å². The zero-order valence-electron chi connectivity index (χ0n) is 20.4. The monoisotopic (exact) mass is 564 g/mol. The lowest BCUT2D eigenvalue weighted by Crippen LogP contribution is -2.63. The van der Waals surface area contributed by atoms with Crippen molar-refractivity contribution in [3.63, 3.8) is 0 Å². The minimum Gasteiger partial charge on any atom is -0.435 e. The van der Waals surface area contributed by atoms with Gasteiger partial charge in [-0.15, -0.1) is 0 Å². The second kappa shape index (κ2) is 11.4. The number of esters is 2. The van der Waals surface area contributed by atoms with Crippen LogP contribution >= 0.6 is 0 Å². The fourth-order valence-electron chi connectivity index (χ4n) is 3.52. The molecule has 1 N–H and O–H groups in total. The number of carbonyl (C=O) groups is 2. The summed E-state index contributed by atoms with van der Waals surface area (Å²) in [5.41, 5.74) is -4.04. The summed E-state index contributed by atoms with van der Waals surface area (Å²) in [5, 5.41) is 0. The average Bonchev–Trinajstić information content (AvgIpc) is 2.81. The molecule has 0 aliphatic rings. The first-order valence-corrected chi connectivity index (χ1v) is 12.8. The normalized spacial score (nSPS) is 12.7. The molecule has 2 rings (SSSR count). The smallest absolute Gasteiger partial charge is 0.435 e. The Balaban J connectivity index is 2.37. The summed E-state index contributed by atoms with van der Waals surface area (Å²) in [5.74, 6) is -5.77. The Bertz CT molecular complexity index is 1260. The van der Waals surface area contributed by atoms with E-state index in [0.717, 1.165) is 35.1 Å². The van der Waals surface area contributed by atoms with Crippen molar-refractivity contribution in [1.29, 1.82) is 0 Å². The molecule has 0 atom stereocenters. The minimum absolute atomic E-state index is 0.180. The third kappa shape index (κ3) is 6.93. The van der Waals surface area contributed by atoms with Crippen molar-refractivity contribution < 1.29 is 58.4 Å². The van der Waals surface area contributed by atoms with Crippen molar-refractivity contribution >= 4 is 45.6 Å². The maximum atomic E-state index is 13.4. The van der Waals surface area contributed by atoms with Crippen LogP contribution in [0, 0.1) is 0 Å². The summed E-state index contributed by atoms with van der Waals surface area (Å²) in [4.78, 5) is 24.9. The predicted octanol–water partition coefficient (Wildman–Crippen LogP) is 1.21. The van der Waals surface area contributed by atoms with Crippen LogP contribution in [0.2, 0.25) is 0 Å². The molecule has 0 aromatic heterocycles. The number of benzene rings is 2. The Morgan fingerprint density at radius 2 is 1.21 bits per heavy atom. The van der Waals surface area contributed by atoms with Crippen molar-refractivity contribution in [2.75, 3.05) is 5.75 Å². The minimum atomic E-state index is -6.46. The van der Waals surface area contributed by atoms with Gasteiger partial charge < -0.3 is 9.47 Å². The predicted molar refractivity (Wildman–Crippen MR) is 131 cm³/mol. The van der Waals surface area contributed by atoms with Gasteiger partial charge in [0.25, 0.3) is 10.1 Å². The second-order valence-electron chi connectivity index (χ2n) is 8.21. The summed E-state index contributed by atoms with van der Waals surface area (Å²) in [7, 11) is -0.243. The van der Waals surface area contributed by atoms with Gasteiger partial charge in [0.15, 0.2) is 0 Å². The molecular formula is C21H21B3F6O7S. The van der Waals surface area contributed by atoms with Gasteiger partial charge in [-0.2, -0.15) is 34.8 Å². The number of ether oxygens (including phenoxy) is 2. The van der Waals surface area contributed by atoms with Crippen LogP contribution in [0.25, 0.3) is 0 Å². The molecule has 2 aromatic rings. The molecule has 0 saturated carbocycles. The van der Waals surface area contributed by atoms with E-state index in [1.165, 1.54) is 0 Å². The Hall–Kier alpha value is -2.94. The van der Waals surface area contributed by atoms with Crippen molar-refractivity contribution in [2.24, 2.45) is 0 Å². The van der Waals surface area contributed by atoms with Gasteiger partial charge in [0.05, 0.1) is 11.1 Å². The third-order valence-corrected chi connectivity index (χ3v) is 6.36. The van der Waals surface area contributed by atoms with Gasteiger partial charge in [-0.05, 0) is 35.4 Å². The molecule has 204 valence electrons. The van der Waals surface area contributed by atoms with Gasteiger partial charge in [0, 0.05) is 0 Å². The molecule has 0 unspecified atom stereocenters. The number of hydrogen-bond acceptors (Lipinski definition) is 6. The van der Waals surface area contributed by atoms with Gasteiger partial charge in [-0.25, -0.2) is 9.59 Å². The molecule has 38 heavy (non-hydrogen) atoms. The molecule has 0 amide bonds. The van der Waals surface area contributed by atoms with E-state index in [0.29, 0.717) is 30.5 Å². The van der Waals surface area contributed by atoms with Crippen molar-refractivity contribution in [2.45, 2.75) is 36.9 Å². The molecular weight excluding hydrogens is 543 g/mol. The quantitative estimate of drug-likeness (QED) is 0.161. The van der Waals surface area contributed by atoms with E-state index in [-0.39, 0.29) is 5.56 Å². The van der Waals surface area contributed by atoms with Crippen LogP contribution in [-0.4, -0.2) is 72.2 Å². The van der Waals surface area contributed by atoms with Gasteiger partial charge in [-0.3, -0.25) is 4.55 Å². The third-order valence-electron chi connectivity index (χ3n) is 5.59. The van der Waals surface area contributed by atoms with E-state index in [4.69, 9.17) is 9.29 Å². The first-order chi connectivity index (χ1) is 17.4. The molecule has 0 fully saturated rings. The summed E-state index contributed by atoms with van der Waals surface area (Å²) in [6.07, 6.45) is -11.1. The highest BCUT2D eigenvalue weighted by Gasteiger charge is 2.76. The van der Waals surface area contributed by atoms with Gasteiger partial charge >= 0.3 is 29.9 Å². The zero-order chi connectivity index (χ0) is 29.1. The van der Waals surface area contributed by atoms with E-state index >= 15 is 0 Å². The number of halogens is 6. The van der Waals surface area contributed by atoms with Gasteiger partial charge in [0.2, 0.25) is 0 Å². The van der Waals surface area contributed by atoms with Crippen molar-refractivity contribution in [3.8, 4) is 5.75 Å². The summed E-state index contributed by atoms with van der Waals surface area (Å²) >= 11 is 0. The number of rotatable bonds is 9. The Kier molecular flexibility index (Phi) is 9.42. The first kappa shape index (κ1) is 31.3. The Labute approximate surface area is 216 Å². The number of alkyl halides is 6. The molecule has 17 heteroatoms. The number of carbonyl (C=O) groups excluding carboxylic acids is 2. The lowest BCUT2D eigenvalue weighted by atomic mass is 9.85. The maximum absolute atomic E-state index is 13.4. The fraction of sp³-hybridized carbons (Fsp3) is 0.333. The van der Waals surface area contributed by atoms with E-state index in [2.05, 4.69) is 4.74 Å². The molecule has 0 bridgehead atoms. The van der Waals surface area contributed by atoms with E-state index < -0.39 is 51.3 Å². The molecule has 0 saturated heterocycles. The molecule has 2 aromatic carbocycles. The van der Waals surface area contributed by atoms with Gasteiger partial charge in [0.1, 0.15) is 35.0 Å². The van der Waals surface area contributed by atoms with Crippen LogP contribution < -0.4 is 4.74 Å². The number of hydrogen-bond donors (Lipinski definition) is 1. The molecule has 0 radical (unpaired) electrons. The topological polar surface area (TPSA) is 107 Å². The van der Waals surface area contributed by atoms with E-state index in [1.807, 2.05) is 35.7 Å². The first-order valence-electron chi connectivity index (χ1n) is 11.2. The maximum Gasteiger partial charge on any atom is 0.438 e. The molecule has 0 aliphatic carbocycles. The van der Waals surface area contributed by atoms with Crippen LogP contribution in [0.1, 0.15) is 37.4 Å². The van der Waals surface area contributed by atoms with Gasteiger partial charge in [-0.1, -0.05) is 36.7 Å². The lowest BCUT2D eigenvalue weighted by molar-refractivity contribution is -0.356. The summed E-state index contributed by atoms with van der Waals surface area (Å²) in [6.45, 7) is 0. The summed E-state index contributed by atoms with van der Waals surface area (Å²) < 4.78 is 120. The standard InChI is InChI=1S/C21H21B3F6O7S/c22-7-11-5-14(8-23)16(15(6-11)9-24)36-17(31)12-1-3-13(4-2-12)18(32)37-19(20(25,26)27,21(28,29)30)10-38(33,34)35/h1-6H,7-10,22-24H2,(H,33,34,35). The van der Waals surface area contributed by atoms with Crippen LogP contribution in [0.5, 0.6) is 5.75 Å². The van der Waals surface area contributed by atoms with Crippen LogP contribution in [-0.2, 0) is 33.8 Å². The lowest BCUT2D eigenvalue weighted by Gasteiger charge is -2.35. The zero-order valence-corrected chi connectivity index (χ0v) is 21.2. The van der Waals surface area contributed by atoms with E-state index in [9.17, 15) is 44.3 Å². The van der Waals surface area contributed by atoms with E-state index in [1.54, 1.807) is 0 Å². The molecule has 0 spiro atoms. The van der Waals surface area contributed by atoms with Crippen molar-refractivity contribution in [3.05, 3.63) is 64.2 Å². The Morgan fingerprint density at radius 3 is 1.55 bits per heavy atom. The summed E-state index contributed by atoms with van der Waals surface area (Å²) in [6, 6.07) is 7.02. The molecule has 7 nitrogen and oxygen atoms in total. The highest BCUT2D eigenvalue weighted by molar-refractivity contribution is 7.85. The highest BCUT2D eigenvalue weighted by Crippen LogP contribution is 2.47. The average molecular weight is 564 g/mol. The molecule has 0 heterocycles. The molecule has 0 aliphatic heterocycles. The van der Waals surface area contributed by atoms with Crippen molar-refractivity contribution in [1.82, 2.24) is 0 Å². The Morgan fingerprint density at radius 1 is 0.789 bits per heavy atom. The fourth-order valence-corrected chi connectivity index (χ4v) is 4.42. The van der Waals surface area contributed by atoms with Crippen LogP contribution in [0.4, 0.5) is 26.3 Å². The SMILES string of the molecule is BCc1cc(CB)c(OC(=O)c2ccc(C(=O)OC(CS(=O)(=O)O)(C(F)(F)F)C(F)(F)F)cc2)c(CB)c1.